The number of furan rings is 1. The van der Waals surface area contributed by atoms with Gasteiger partial charge in [-0.1, -0.05) is 0 Å². The maximum absolute atomic E-state index is 12.9. The van der Waals surface area contributed by atoms with E-state index in [-0.39, 0.29) is 11.8 Å². The average molecular weight is 427 g/mol. The number of carbonyl (C=O) groups is 2. The lowest BCUT2D eigenvalue weighted by Gasteiger charge is -2.34. The van der Waals surface area contributed by atoms with Crippen LogP contribution in [0.5, 0.6) is 11.5 Å². The molecule has 30 heavy (non-hydrogen) atoms. The summed E-state index contributed by atoms with van der Waals surface area (Å²) in [6.07, 6.45) is 1.58. The molecule has 0 radical (unpaired) electrons. The molecule has 0 bridgehead atoms. The Bertz CT molecular complexity index is 1020. The molecule has 156 valence electrons. The summed E-state index contributed by atoms with van der Waals surface area (Å²) in [7, 11) is 3.09. The maximum atomic E-state index is 12.9. The number of hydrogen-bond donors (Lipinski definition) is 0. The lowest BCUT2D eigenvalue weighted by atomic mass is 10.1. The number of carbonyl (C=O) groups excluding carboxylic acids is 2. The van der Waals surface area contributed by atoms with Gasteiger partial charge in [0, 0.05) is 43.2 Å². The van der Waals surface area contributed by atoms with Crippen LogP contribution in [0.3, 0.4) is 0 Å². The number of ether oxygens (including phenoxy) is 2. The van der Waals surface area contributed by atoms with E-state index in [1.807, 2.05) is 6.07 Å². The largest absolute Gasteiger partial charge is 0.497 e. The highest BCUT2D eigenvalue weighted by molar-refractivity contribution is 7.13. The van der Waals surface area contributed by atoms with Crippen LogP contribution in [0.2, 0.25) is 0 Å². The lowest BCUT2D eigenvalue weighted by Crippen LogP contribution is -2.50. The van der Waals surface area contributed by atoms with E-state index in [1.165, 1.54) is 11.3 Å². The third-order valence-corrected chi connectivity index (χ3v) is 5.76. The van der Waals surface area contributed by atoms with E-state index in [0.717, 1.165) is 0 Å². The Kier molecular flexibility index (Phi) is 5.71. The van der Waals surface area contributed by atoms with Crippen LogP contribution in [0, 0.1) is 0 Å². The SMILES string of the molecule is COc1cc(OC)cc(C(=O)N2CCN(C(=O)c3csc(-c4ccco4)n3)CC2)c1. The molecular formula is C21H21N3O5S. The number of rotatable bonds is 5. The molecule has 4 rings (SSSR count). The highest BCUT2D eigenvalue weighted by atomic mass is 32.1. The Balaban J connectivity index is 1.40. The van der Waals surface area contributed by atoms with Crippen LogP contribution >= 0.6 is 11.3 Å². The molecule has 3 aromatic rings. The molecule has 0 unspecified atom stereocenters. The number of aromatic nitrogens is 1. The topological polar surface area (TPSA) is 85.1 Å². The van der Waals surface area contributed by atoms with E-state index >= 15 is 0 Å². The Hall–Kier alpha value is -3.33. The Labute approximate surface area is 177 Å². The minimum absolute atomic E-state index is 0.118. The molecule has 2 amide bonds. The zero-order chi connectivity index (χ0) is 21.1. The van der Waals surface area contributed by atoms with Crippen LogP contribution in [0.25, 0.3) is 10.8 Å². The van der Waals surface area contributed by atoms with Crippen molar-refractivity contribution in [3.8, 4) is 22.3 Å². The second kappa shape index (κ2) is 8.58. The van der Waals surface area contributed by atoms with Crippen LogP contribution in [0.4, 0.5) is 0 Å². The number of methoxy groups -OCH3 is 2. The van der Waals surface area contributed by atoms with Crippen molar-refractivity contribution >= 4 is 23.2 Å². The van der Waals surface area contributed by atoms with Crippen LogP contribution in [0.1, 0.15) is 20.8 Å². The molecule has 1 aliphatic rings. The molecule has 9 heteroatoms. The summed E-state index contributed by atoms with van der Waals surface area (Å²) < 4.78 is 15.8. The highest BCUT2D eigenvalue weighted by Crippen LogP contribution is 2.26. The van der Waals surface area contributed by atoms with E-state index in [1.54, 1.807) is 59.9 Å². The zero-order valence-electron chi connectivity index (χ0n) is 16.7. The van der Waals surface area contributed by atoms with Crippen LogP contribution in [-0.4, -0.2) is 67.0 Å². The number of thiazole rings is 1. The minimum Gasteiger partial charge on any atom is -0.497 e. The predicted octanol–water partition coefficient (Wildman–Crippen LogP) is 3.02. The molecule has 2 aromatic heterocycles. The molecule has 1 aliphatic heterocycles. The summed E-state index contributed by atoms with van der Waals surface area (Å²) in [5.74, 6) is 1.50. The van der Waals surface area contributed by atoms with Crippen molar-refractivity contribution in [3.63, 3.8) is 0 Å². The summed E-state index contributed by atoms with van der Waals surface area (Å²) in [6.45, 7) is 1.77. The van der Waals surface area contributed by atoms with Crippen molar-refractivity contribution in [1.29, 1.82) is 0 Å². The fourth-order valence-corrected chi connectivity index (χ4v) is 4.03. The molecule has 1 fully saturated rings. The molecule has 1 aromatic carbocycles. The summed E-state index contributed by atoms with van der Waals surface area (Å²) in [4.78, 5) is 33.5. The molecule has 0 N–H and O–H groups in total. The number of benzene rings is 1. The summed E-state index contributed by atoms with van der Waals surface area (Å²) in [5, 5.41) is 2.41. The maximum Gasteiger partial charge on any atom is 0.273 e. The first-order valence-electron chi connectivity index (χ1n) is 9.40. The van der Waals surface area contributed by atoms with E-state index in [4.69, 9.17) is 13.9 Å². The Morgan fingerprint density at radius 2 is 1.63 bits per heavy atom. The first kappa shape index (κ1) is 20.0. The van der Waals surface area contributed by atoms with Crippen LogP contribution < -0.4 is 9.47 Å². The highest BCUT2D eigenvalue weighted by Gasteiger charge is 2.27. The van der Waals surface area contributed by atoms with Gasteiger partial charge >= 0.3 is 0 Å². The number of amides is 2. The van der Waals surface area contributed by atoms with Gasteiger partial charge in [0.25, 0.3) is 11.8 Å². The van der Waals surface area contributed by atoms with Crippen molar-refractivity contribution in [2.75, 3.05) is 40.4 Å². The fourth-order valence-electron chi connectivity index (χ4n) is 3.27. The molecule has 8 nitrogen and oxygen atoms in total. The quantitative estimate of drug-likeness (QED) is 0.622. The molecule has 0 aliphatic carbocycles. The van der Waals surface area contributed by atoms with Gasteiger partial charge in [-0.3, -0.25) is 9.59 Å². The van der Waals surface area contributed by atoms with Crippen molar-refractivity contribution < 1.29 is 23.5 Å². The molecular weight excluding hydrogens is 406 g/mol. The van der Waals surface area contributed by atoms with E-state index in [0.29, 0.717) is 59.7 Å². The second-order valence-corrected chi connectivity index (χ2v) is 7.56. The van der Waals surface area contributed by atoms with Crippen molar-refractivity contribution in [1.82, 2.24) is 14.8 Å². The Morgan fingerprint density at radius 3 is 2.20 bits per heavy atom. The average Bonchev–Trinajstić information content (AvgIpc) is 3.50. The van der Waals surface area contributed by atoms with Gasteiger partial charge in [-0.25, -0.2) is 4.98 Å². The number of hydrogen-bond acceptors (Lipinski definition) is 7. The molecule has 0 spiro atoms. The van der Waals surface area contributed by atoms with E-state index in [2.05, 4.69) is 4.98 Å². The molecule has 3 heterocycles. The molecule has 1 saturated heterocycles. The first-order valence-corrected chi connectivity index (χ1v) is 10.3. The van der Waals surface area contributed by atoms with Gasteiger partial charge in [0.15, 0.2) is 10.8 Å². The lowest BCUT2D eigenvalue weighted by molar-refractivity contribution is 0.0532. The van der Waals surface area contributed by atoms with E-state index < -0.39 is 0 Å². The minimum atomic E-state index is -0.140. The van der Waals surface area contributed by atoms with E-state index in [9.17, 15) is 9.59 Å². The number of nitrogens with zero attached hydrogens (tertiary/aromatic N) is 3. The van der Waals surface area contributed by atoms with Crippen LogP contribution in [-0.2, 0) is 0 Å². The van der Waals surface area contributed by atoms with Crippen LogP contribution in [0.15, 0.2) is 46.4 Å². The van der Waals surface area contributed by atoms with Crippen molar-refractivity contribution in [2.24, 2.45) is 0 Å². The summed E-state index contributed by atoms with van der Waals surface area (Å²) in [5.41, 5.74) is 0.886. The van der Waals surface area contributed by atoms with Gasteiger partial charge in [0.05, 0.1) is 20.5 Å². The summed E-state index contributed by atoms with van der Waals surface area (Å²) >= 11 is 1.37. The van der Waals surface area contributed by atoms with Gasteiger partial charge in [0.1, 0.15) is 17.2 Å². The predicted molar refractivity (Wildman–Crippen MR) is 111 cm³/mol. The smallest absolute Gasteiger partial charge is 0.273 e. The second-order valence-electron chi connectivity index (χ2n) is 6.70. The third kappa shape index (κ3) is 4.02. The normalized spacial score (nSPS) is 13.9. The Morgan fingerprint density at radius 1 is 1.00 bits per heavy atom. The van der Waals surface area contributed by atoms with Gasteiger partial charge in [0.2, 0.25) is 0 Å². The third-order valence-electron chi connectivity index (χ3n) is 4.91. The van der Waals surface area contributed by atoms with Gasteiger partial charge < -0.3 is 23.7 Å². The van der Waals surface area contributed by atoms with Crippen molar-refractivity contribution in [3.05, 3.63) is 53.2 Å². The van der Waals surface area contributed by atoms with Gasteiger partial charge in [-0.2, -0.15) is 0 Å². The molecule has 0 saturated carbocycles. The zero-order valence-corrected chi connectivity index (χ0v) is 17.5. The standard InChI is InChI=1S/C21H21N3O5S/c1-27-15-10-14(11-16(12-15)28-2)20(25)23-5-7-24(8-6-23)21(26)17-13-30-19(22-17)18-4-3-9-29-18/h3-4,9-13H,5-8H2,1-2H3. The fraction of sp³-hybridized carbons (Fsp3) is 0.286. The van der Waals surface area contributed by atoms with Gasteiger partial charge in [-0.15, -0.1) is 11.3 Å². The number of piperazine rings is 1. The first-order chi connectivity index (χ1) is 14.6. The van der Waals surface area contributed by atoms with Gasteiger partial charge in [-0.05, 0) is 24.3 Å². The summed E-state index contributed by atoms with van der Waals surface area (Å²) in [6, 6.07) is 8.69. The van der Waals surface area contributed by atoms with Crippen molar-refractivity contribution in [2.45, 2.75) is 0 Å². The molecule has 0 atom stereocenters. The monoisotopic (exact) mass is 427 g/mol.